The summed E-state index contributed by atoms with van der Waals surface area (Å²) in [6, 6.07) is 0.370. The van der Waals surface area contributed by atoms with Gasteiger partial charge < -0.3 is 5.32 Å². The molecule has 0 aliphatic heterocycles. The van der Waals surface area contributed by atoms with Crippen LogP contribution in [0.1, 0.15) is 66.1 Å². The fraction of sp³-hybridized carbons (Fsp3) is 0.812. The molecule has 1 aromatic heterocycles. The van der Waals surface area contributed by atoms with Crippen molar-refractivity contribution in [3.05, 3.63) is 16.4 Å². The second kappa shape index (κ2) is 7.60. The number of hydrogen-bond donors (Lipinski definition) is 1. The molecular formula is C16H30BrN3. The van der Waals surface area contributed by atoms with Crippen LogP contribution in [-0.2, 0) is 6.54 Å². The minimum absolute atomic E-state index is 0.370. The highest BCUT2D eigenvalue weighted by atomic mass is 79.9. The Labute approximate surface area is 132 Å². The van der Waals surface area contributed by atoms with E-state index in [1.54, 1.807) is 0 Å². The highest BCUT2D eigenvalue weighted by Crippen LogP contribution is 2.33. The summed E-state index contributed by atoms with van der Waals surface area (Å²) >= 11 is 3.66. The maximum absolute atomic E-state index is 4.45. The number of nitrogens with one attached hydrogen (secondary N) is 1. The smallest absolute Gasteiger partial charge is 0.0695 e. The monoisotopic (exact) mass is 343 g/mol. The molecule has 1 rings (SSSR count). The van der Waals surface area contributed by atoms with E-state index in [0.29, 0.717) is 17.4 Å². The van der Waals surface area contributed by atoms with Gasteiger partial charge in [0.25, 0.3) is 0 Å². The Morgan fingerprint density at radius 1 is 1.35 bits per heavy atom. The molecule has 1 aromatic rings. The fourth-order valence-electron chi connectivity index (χ4n) is 3.04. The third-order valence-corrected chi connectivity index (χ3v) is 4.12. The molecule has 0 spiro atoms. The second-order valence-electron chi connectivity index (χ2n) is 6.91. The molecule has 20 heavy (non-hydrogen) atoms. The van der Waals surface area contributed by atoms with Crippen molar-refractivity contribution in [2.45, 2.75) is 67.0 Å². The van der Waals surface area contributed by atoms with Crippen molar-refractivity contribution in [1.29, 1.82) is 0 Å². The zero-order chi connectivity index (χ0) is 15.3. The van der Waals surface area contributed by atoms with E-state index in [4.69, 9.17) is 0 Å². The minimum Gasteiger partial charge on any atom is -0.309 e. The number of nitrogens with zero attached hydrogens (tertiary/aromatic N) is 2. The van der Waals surface area contributed by atoms with Crippen molar-refractivity contribution in [3.63, 3.8) is 0 Å². The van der Waals surface area contributed by atoms with Crippen molar-refractivity contribution in [2.24, 2.45) is 11.3 Å². The fourth-order valence-corrected chi connectivity index (χ4v) is 3.61. The van der Waals surface area contributed by atoms with E-state index in [0.717, 1.165) is 24.0 Å². The molecule has 0 radical (unpaired) electrons. The summed E-state index contributed by atoms with van der Waals surface area (Å²) in [5, 5.41) is 8.08. The highest BCUT2D eigenvalue weighted by Gasteiger charge is 2.23. The lowest BCUT2D eigenvalue weighted by atomic mass is 9.82. The van der Waals surface area contributed by atoms with Crippen LogP contribution in [0.4, 0.5) is 0 Å². The van der Waals surface area contributed by atoms with Gasteiger partial charge in [-0.05, 0) is 53.6 Å². The Morgan fingerprint density at radius 3 is 2.50 bits per heavy atom. The number of halogens is 1. The predicted molar refractivity (Wildman–Crippen MR) is 89.9 cm³/mol. The quantitative estimate of drug-likeness (QED) is 0.771. The van der Waals surface area contributed by atoms with Crippen molar-refractivity contribution in [2.75, 3.05) is 6.54 Å². The molecule has 0 fully saturated rings. The summed E-state index contributed by atoms with van der Waals surface area (Å²) in [5.41, 5.74) is 1.67. The largest absolute Gasteiger partial charge is 0.309 e. The van der Waals surface area contributed by atoms with Crippen LogP contribution in [0.25, 0.3) is 0 Å². The van der Waals surface area contributed by atoms with Crippen LogP contribution in [0, 0.1) is 11.3 Å². The van der Waals surface area contributed by atoms with E-state index in [9.17, 15) is 0 Å². The van der Waals surface area contributed by atoms with Crippen molar-refractivity contribution < 1.29 is 0 Å². The van der Waals surface area contributed by atoms with E-state index >= 15 is 0 Å². The molecule has 4 heteroatoms. The Bertz CT molecular complexity index is 406. The SMILES string of the molecule is CCNC(CC(C)CC(C)(C)C)c1c(Br)cnn1CC. The lowest BCUT2D eigenvalue weighted by Gasteiger charge is -2.27. The maximum atomic E-state index is 4.45. The van der Waals surface area contributed by atoms with Gasteiger partial charge in [-0.2, -0.15) is 5.10 Å². The molecule has 0 bridgehead atoms. The van der Waals surface area contributed by atoms with E-state index in [1.165, 1.54) is 12.1 Å². The number of aromatic nitrogens is 2. The van der Waals surface area contributed by atoms with Gasteiger partial charge in [-0.15, -0.1) is 0 Å². The molecule has 0 saturated carbocycles. The van der Waals surface area contributed by atoms with Gasteiger partial charge in [-0.25, -0.2) is 0 Å². The summed E-state index contributed by atoms with van der Waals surface area (Å²) in [6.45, 7) is 15.5. The number of rotatable bonds is 7. The zero-order valence-corrected chi connectivity index (χ0v) is 15.4. The maximum Gasteiger partial charge on any atom is 0.0695 e. The highest BCUT2D eigenvalue weighted by molar-refractivity contribution is 9.10. The van der Waals surface area contributed by atoms with Crippen LogP contribution in [0.5, 0.6) is 0 Å². The Hall–Kier alpha value is -0.350. The number of hydrogen-bond acceptors (Lipinski definition) is 2. The van der Waals surface area contributed by atoms with Gasteiger partial charge in [0.2, 0.25) is 0 Å². The van der Waals surface area contributed by atoms with Crippen LogP contribution in [0.3, 0.4) is 0 Å². The van der Waals surface area contributed by atoms with Crippen molar-refractivity contribution in [3.8, 4) is 0 Å². The Morgan fingerprint density at radius 2 is 2.00 bits per heavy atom. The first kappa shape index (κ1) is 17.7. The molecular weight excluding hydrogens is 314 g/mol. The normalized spacial score (nSPS) is 15.3. The second-order valence-corrected chi connectivity index (χ2v) is 7.76. The van der Waals surface area contributed by atoms with Gasteiger partial charge >= 0.3 is 0 Å². The zero-order valence-electron chi connectivity index (χ0n) is 13.8. The molecule has 3 nitrogen and oxygen atoms in total. The van der Waals surface area contributed by atoms with Gasteiger partial charge in [-0.3, -0.25) is 4.68 Å². The van der Waals surface area contributed by atoms with Gasteiger partial charge in [0.05, 0.1) is 22.4 Å². The van der Waals surface area contributed by atoms with E-state index in [1.807, 2.05) is 6.20 Å². The predicted octanol–water partition coefficient (Wildman–Crippen LogP) is 4.78. The molecule has 0 saturated heterocycles. The van der Waals surface area contributed by atoms with Crippen molar-refractivity contribution >= 4 is 15.9 Å². The molecule has 2 unspecified atom stereocenters. The summed E-state index contributed by atoms with van der Waals surface area (Å²) in [6.07, 6.45) is 4.31. The van der Waals surface area contributed by atoms with Crippen LogP contribution >= 0.6 is 15.9 Å². The third-order valence-electron chi connectivity index (χ3n) is 3.51. The Balaban J connectivity index is 2.86. The molecule has 0 aliphatic rings. The lowest BCUT2D eigenvalue weighted by molar-refractivity contribution is 0.272. The van der Waals surface area contributed by atoms with E-state index in [2.05, 4.69) is 72.6 Å². The summed E-state index contributed by atoms with van der Waals surface area (Å²) in [5.74, 6) is 0.686. The summed E-state index contributed by atoms with van der Waals surface area (Å²) in [4.78, 5) is 0. The van der Waals surface area contributed by atoms with E-state index < -0.39 is 0 Å². The average molecular weight is 344 g/mol. The molecule has 1 N–H and O–H groups in total. The summed E-state index contributed by atoms with van der Waals surface area (Å²) in [7, 11) is 0. The van der Waals surface area contributed by atoms with Gasteiger partial charge in [0.1, 0.15) is 0 Å². The first-order valence-corrected chi connectivity index (χ1v) is 8.52. The molecule has 116 valence electrons. The van der Waals surface area contributed by atoms with Gasteiger partial charge in [0, 0.05) is 6.54 Å². The van der Waals surface area contributed by atoms with Gasteiger partial charge in [-0.1, -0.05) is 34.6 Å². The Kier molecular flexibility index (Phi) is 6.73. The number of aryl methyl sites for hydroxylation is 1. The molecule has 0 amide bonds. The topological polar surface area (TPSA) is 29.9 Å². The van der Waals surface area contributed by atoms with Crippen LogP contribution in [0.2, 0.25) is 0 Å². The van der Waals surface area contributed by atoms with Gasteiger partial charge in [0.15, 0.2) is 0 Å². The van der Waals surface area contributed by atoms with Crippen LogP contribution in [0.15, 0.2) is 10.7 Å². The average Bonchev–Trinajstić information content (AvgIpc) is 2.67. The molecule has 1 heterocycles. The minimum atomic E-state index is 0.370. The first-order chi connectivity index (χ1) is 9.28. The first-order valence-electron chi connectivity index (χ1n) is 7.73. The van der Waals surface area contributed by atoms with E-state index in [-0.39, 0.29) is 0 Å². The standard InChI is InChI=1S/C16H30BrN3/c1-7-18-14(9-12(3)10-16(4,5)6)15-13(17)11-19-20(15)8-2/h11-12,14,18H,7-10H2,1-6H3. The third kappa shape index (κ3) is 5.21. The lowest BCUT2D eigenvalue weighted by Crippen LogP contribution is -2.27. The summed E-state index contributed by atoms with van der Waals surface area (Å²) < 4.78 is 3.22. The molecule has 0 aromatic carbocycles. The van der Waals surface area contributed by atoms with Crippen LogP contribution < -0.4 is 5.32 Å². The molecule has 0 aliphatic carbocycles. The van der Waals surface area contributed by atoms with Crippen molar-refractivity contribution in [1.82, 2.24) is 15.1 Å². The van der Waals surface area contributed by atoms with Crippen LogP contribution in [-0.4, -0.2) is 16.3 Å². The molecule has 2 atom stereocenters.